The Labute approximate surface area is 156 Å². The average molecular weight is 361 g/mol. The first-order chi connectivity index (χ1) is 12.6. The summed E-state index contributed by atoms with van der Waals surface area (Å²) in [6.45, 7) is 0.411. The summed E-state index contributed by atoms with van der Waals surface area (Å²) in [5, 5.41) is 16.5. The van der Waals surface area contributed by atoms with Gasteiger partial charge in [0.05, 0.1) is 5.82 Å². The van der Waals surface area contributed by atoms with Crippen LogP contribution in [0.4, 0.5) is 0 Å². The van der Waals surface area contributed by atoms with E-state index in [1.165, 1.54) is 15.9 Å². The van der Waals surface area contributed by atoms with Gasteiger partial charge >= 0.3 is 0 Å². The zero-order chi connectivity index (χ0) is 18.4. The highest BCUT2D eigenvalue weighted by atomic mass is 31.2. The van der Waals surface area contributed by atoms with Gasteiger partial charge in [0.25, 0.3) is 0 Å². The Kier molecular flexibility index (Phi) is 5.88. The van der Waals surface area contributed by atoms with Gasteiger partial charge in [-0.05, 0) is 50.5 Å². The molecule has 0 spiro atoms. The molecule has 0 saturated heterocycles. The lowest BCUT2D eigenvalue weighted by Gasteiger charge is -2.27. The van der Waals surface area contributed by atoms with Crippen molar-refractivity contribution in [1.82, 2.24) is 4.90 Å². The SMILES string of the molecule is CN(C)C/C([O-])=C/[P+](c1ccccc1)(c1ccccc1)c1ccccc1. The third-order valence-electron chi connectivity index (χ3n) is 4.30. The van der Waals surface area contributed by atoms with Crippen molar-refractivity contribution < 1.29 is 5.11 Å². The number of hydrogen-bond donors (Lipinski definition) is 0. The lowest BCUT2D eigenvalue weighted by atomic mass is 10.4. The van der Waals surface area contributed by atoms with Gasteiger partial charge in [0.2, 0.25) is 0 Å². The largest absolute Gasteiger partial charge is 0.872 e. The molecule has 0 saturated carbocycles. The zero-order valence-electron chi connectivity index (χ0n) is 15.2. The summed E-state index contributed by atoms with van der Waals surface area (Å²) in [4.78, 5) is 1.93. The molecule has 0 aliphatic heterocycles. The van der Waals surface area contributed by atoms with E-state index < -0.39 is 7.26 Å². The van der Waals surface area contributed by atoms with Crippen molar-refractivity contribution in [3.63, 3.8) is 0 Å². The molecule has 3 heteroatoms. The van der Waals surface area contributed by atoms with Crippen molar-refractivity contribution in [2.45, 2.75) is 0 Å². The van der Waals surface area contributed by atoms with Gasteiger partial charge in [-0.1, -0.05) is 60.4 Å². The van der Waals surface area contributed by atoms with Gasteiger partial charge in [-0.25, -0.2) is 0 Å². The number of hydrogen-bond acceptors (Lipinski definition) is 2. The Morgan fingerprint density at radius 3 is 1.38 bits per heavy atom. The maximum absolute atomic E-state index is 12.9. The van der Waals surface area contributed by atoms with Crippen LogP contribution in [0.25, 0.3) is 0 Å². The minimum Gasteiger partial charge on any atom is -0.872 e. The molecule has 0 aliphatic rings. The molecule has 3 aromatic rings. The van der Waals surface area contributed by atoms with E-state index in [2.05, 4.69) is 72.8 Å². The molecule has 2 nitrogen and oxygen atoms in total. The summed E-state index contributed by atoms with van der Waals surface area (Å²) in [7, 11) is 1.69. The summed E-state index contributed by atoms with van der Waals surface area (Å²) >= 11 is 0. The molecular weight excluding hydrogens is 337 g/mol. The third kappa shape index (κ3) is 3.88. The first-order valence-corrected chi connectivity index (χ1v) is 10.6. The van der Waals surface area contributed by atoms with Crippen molar-refractivity contribution in [2.75, 3.05) is 20.6 Å². The predicted octanol–water partition coefficient (Wildman–Crippen LogP) is 2.74. The Hall–Kier alpha value is -2.41. The summed E-state index contributed by atoms with van der Waals surface area (Å²) < 4.78 is 0. The van der Waals surface area contributed by atoms with E-state index in [0.717, 1.165) is 0 Å². The van der Waals surface area contributed by atoms with Gasteiger partial charge in [-0.2, -0.15) is 0 Å². The van der Waals surface area contributed by atoms with E-state index in [9.17, 15) is 5.11 Å². The standard InChI is InChI=1S/C23H24NOP/c1-24(2)18-20(25)19-26(21-12-6-3-7-13-21,22-14-8-4-9-15-22)23-16-10-5-11-17-23/h3-17,19H,18H2,1-2H3/b20-19-. The van der Waals surface area contributed by atoms with E-state index in [0.29, 0.717) is 6.54 Å². The Morgan fingerprint density at radius 2 is 1.08 bits per heavy atom. The highest BCUT2D eigenvalue weighted by Crippen LogP contribution is 2.57. The molecule has 3 aromatic carbocycles. The normalized spacial score (nSPS) is 12.3. The van der Waals surface area contributed by atoms with Gasteiger partial charge in [0.1, 0.15) is 23.2 Å². The Balaban J connectivity index is 2.32. The molecule has 0 N–H and O–H groups in total. The summed E-state index contributed by atoms with van der Waals surface area (Å²) in [5.74, 6) is 2.15. The topological polar surface area (TPSA) is 26.3 Å². The van der Waals surface area contributed by atoms with Gasteiger partial charge in [-0.3, -0.25) is 0 Å². The molecule has 0 heterocycles. The molecule has 0 atom stereocenters. The van der Waals surface area contributed by atoms with E-state index in [-0.39, 0.29) is 5.76 Å². The van der Waals surface area contributed by atoms with Crippen molar-refractivity contribution in [2.24, 2.45) is 0 Å². The van der Waals surface area contributed by atoms with Gasteiger partial charge in [0.15, 0.2) is 0 Å². The monoisotopic (exact) mass is 361 g/mol. The zero-order valence-corrected chi connectivity index (χ0v) is 16.1. The van der Waals surface area contributed by atoms with E-state index in [4.69, 9.17) is 0 Å². The predicted molar refractivity (Wildman–Crippen MR) is 112 cm³/mol. The maximum Gasteiger partial charge on any atom is 0.136 e. The fourth-order valence-corrected chi connectivity index (χ4v) is 7.01. The molecule has 3 rings (SSSR count). The molecule has 0 bridgehead atoms. The van der Waals surface area contributed by atoms with Crippen molar-refractivity contribution >= 4 is 23.2 Å². The van der Waals surface area contributed by atoms with Crippen molar-refractivity contribution in [1.29, 1.82) is 0 Å². The fourth-order valence-electron chi connectivity index (χ4n) is 3.23. The van der Waals surface area contributed by atoms with Crippen LogP contribution in [0.2, 0.25) is 0 Å². The first-order valence-electron chi connectivity index (χ1n) is 8.72. The van der Waals surface area contributed by atoms with E-state index in [1.54, 1.807) is 0 Å². The molecule has 0 aliphatic carbocycles. The van der Waals surface area contributed by atoms with Crippen molar-refractivity contribution in [3.8, 4) is 0 Å². The quantitative estimate of drug-likeness (QED) is 0.499. The molecule has 0 fully saturated rings. The molecule has 0 unspecified atom stereocenters. The van der Waals surface area contributed by atoms with Crippen LogP contribution in [-0.4, -0.2) is 25.5 Å². The first kappa shape index (κ1) is 18.4. The lowest BCUT2D eigenvalue weighted by Crippen LogP contribution is -2.32. The van der Waals surface area contributed by atoms with Crippen LogP contribution in [-0.2, 0) is 0 Å². The molecule has 0 radical (unpaired) electrons. The highest BCUT2D eigenvalue weighted by Gasteiger charge is 2.43. The number of rotatable bonds is 6. The van der Waals surface area contributed by atoms with Crippen LogP contribution in [0, 0.1) is 0 Å². The fraction of sp³-hybridized carbons (Fsp3) is 0.130. The molecule has 0 aromatic heterocycles. The Morgan fingerprint density at radius 1 is 0.731 bits per heavy atom. The van der Waals surface area contributed by atoms with Crippen LogP contribution < -0.4 is 21.0 Å². The highest BCUT2D eigenvalue weighted by molar-refractivity contribution is 7.98. The van der Waals surface area contributed by atoms with E-state index >= 15 is 0 Å². The van der Waals surface area contributed by atoms with Gasteiger partial charge in [-0.15, -0.1) is 0 Å². The third-order valence-corrected chi connectivity index (χ3v) is 8.31. The molecule has 132 valence electrons. The minimum atomic E-state index is -2.17. The number of nitrogens with zero attached hydrogens (tertiary/aromatic N) is 1. The molecule has 26 heavy (non-hydrogen) atoms. The Bertz CT molecular complexity index is 748. The van der Waals surface area contributed by atoms with Crippen LogP contribution in [0.3, 0.4) is 0 Å². The summed E-state index contributed by atoms with van der Waals surface area (Å²) in [5.41, 5.74) is 0. The smallest absolute Gasteiger partial charge is 0.136 e. The summed E-state index contributed by atoms with van der Waals surface area (Å²) in [6.07, 6.45) is 0. The van der Waals surface area contributed by atoms with Crippen LogP contribution >= 0.6 is 7.26 Å². The molecular formula is C23H24NOP. The number of likely N-dealkylation sites (N-methyl/N-ethyl adjacent to an activating group) is 1. The second-order valence-corrected chi connectivity index (χ2v) is 9.82. The van der Waals surface area contributed by atoms with Gasteiger partial charge < -0.3 is 10.0 Å². The second-order valence-electron chi connectivity index (χ2n) is 6.56. The van der Waals surface area contributed by atoms with Crippen molar-refractivity contribution in [3.05, 3.63) is 103 Å². The van der Waals surface area contributed by atoms with E-state index in [1.807, 2.05) is 43.0 Å². The van der Waals surface area contributed by atoms with Crippen LogP contribution in [0.1, 0.15) is 0 Å². The average Bonchev–Trinajstić information content (AvgIpc) is 2.67. The van der Waals surface area contributed by atoms with Gasteiger partial charge in [0, 0.05) is 6.54 Å². The lowest BCUT2D eigenvalue weighted by molar-refractivity contribution is -0.306. The molecule has 0 amide bonds. The van der Waals surface area contributed by atoms with Crippen LogP contribution in [0.5, 0.6) is 0 Å². The summed E-state index contributed by atoms with van der Waals surface area (Å²) in [6, 6.07) is 31.3. The van der Waals surface area contributed by atoms with Crippen LogP contribution in [0.15, 0.2) is 103 Å². The maximum atomic E-state index is 12.9. The number of benzene rings is 3. The minimum absolute atomic E-state index is 0.153. The second kappa shape index (κ2) is 8.31.